The molecule has 1 N–H and O–H groups in total. The van der Waals surface area contributed by atoms with Crippen molar-refractivity contribution in [3.8, 4) is 5.75 Å². The molecule has 0 aliphatic heterocycles. The third-order valence-electron chi connectivity index (χ3n) is 4.88. The Bertz CT molecular complexity index is 793. The zero-order valence-corrected chi connectivity index (χ0v) is 12.9. The number of phenols is 1. The molecule has 1 nitrogen and oxygen atoms in total. The predicted octanol–water partition coefficient (Wildman–Crippen LogP) is 5.05. The molecule has 3 aromatic rings. The highest BCUT2D eigenvalue weighted by Gasteiger charge is 2.31. The zero-order valence-electron chi connectivity index (χ0n) is 12.9. The van der Waals surface area contributed by atoms with Gasteiger partial charge in [-0.2, -0.15) is 0 Å². The van der Waals surface area contributed by atoms with Gasteiger partial charge in [-0.1, -0.05) is 60.7 Å². The second-order valence-electron chi connectivity index (χ2n) is 6.23. The van der Waals surface area contributed by atoms with E-state index in [1.165, 1.54) is 22.3 Å². The minimum atomic E-state index is 0.294. The van der Waals surface area contributed by atoms with Crippen LogP contribution >= 0.6 is 0 Å². The number of hydrogen-bond acceptors (Lipinski definition) is 1. The summed E-state index contributed by atoms with van der Waals surface area (Å²) >= 11 is 0. The van der Waals surface area contributed by atoms with Gasteiger partial charge in [-0.3, -0.25) is 0 Å². The van der Waals surface area contributed by atoms with Crippen molar-refractivity contribution >= 4 is 0 Å². The van der Waals surface area contributed by atoms with E-state index < -0.39 is 0 Å². The van der Waals surface area contributed by atoms with Crippen LogP contribution in [0.25, 0.3) is 0 Å². The van der Waals surface area contributed by atoms with Crippen LogP contribution in [-0.2, 0) is 6.42 Å². The molecular weight excluding hydrogens is 280 g/mol. The fourth-order valence-corrected chi connectivity index (χ4v) is 3.85. The molecule has 113 valence electrons. The topological polar surface area (TPSA) is 20.2 Å². The van der Waals surface area contributed by atoms with Gasteiger partial charge < -0.3 is 5.11 Å². The summed E-state index contributed by atoms with van der Waals surface area (Å²) in [4.78, 5) is 0. The fraction of sp³-hybridized carbons (Fsp3) is 0.182. The second kappa shape index (κ2) is 5.92. The van der Waals surface area contributed by atoms with Gasteiger partial charge in [0, 0.05) is 5.92 Å². The Morgan fingerprint density at radius 1 is 0.913 bits per heavy atom. The Kier molecular flexibility index (Phi) is 3.63. The van der Waals surface area contributed by atoms with Crippen molar-refractivity contribution in [3.63, 3.8) is 0 Å². The largest absolute Gasteiger partial charge is 0.508 e. The highest BCUT2D eigenvalue weighted by atomic mass is 16.3. The van der Waals surface area contributed by atoms with E-state index in [-0.39, 0.29) is 0 Å². The van der Waals surface area contributed by atoms with Gasteiger partial charge in [-0.25, -0.2) is 0 Å². The Morgan fingerprint density at radius 3 is 2.52 bits per heavy atom. The van der Waals surface area contributed by atoms with Crippen molar-refractivity contribution in [2.45, 2.75) is 24.7 Å². The highest BCUT2D eigenvalue weighted by molar-refractivity contribution is 5.47. The van der Waals surface area contributed by atoms with E-state index in [1.807, 2.05) is 24.3 Å². The molecule has 0 bridgehead atoms. The lowest BCUT2D eigenvalue weighted by Crippen LogP contribution is -2.20. The maximum absolute atomic E-state index is 9.82. The molecule has 1 radical (unpaired) electrons. The van der Waals surface area contributed by atoms with Crippen LogP contribution in [0.2, 0.25) is 0 Å². The summed E-state index contributed by atoms with van der Waals surface area (Å²) in [5, 5.41) is 9.82. The third kappa shape index (κ3) is 2.63. The molecule has 2 atom stereocenters. The van der Waals surface area contributed by atoms with E-state index in [1.54, 1.807) is 0 Å². The van der Waals surface area contributed by atoms with Crippen molar-refractivity contribution in [1.82, 2.24) is 0 Å². The molecule has 1 heteroatoms. The Hall–Kier alpha value is -2.54. The SMILES string of the molecule is Oc1ccc2c(c1)CCC(c1ccccc1)C2c1[c]cccc1. The normalized spacial score (nSPS) is 20.0. The molecule has 0 heterocycles. The lowest BCUT2D eigenvalue weighted by molar-refractivity contribution is 0.469. The molecular formula is C22H19O. The van der Waals surface area contributed by atoms with Crippen molar-refractivity contribution in [1.29, 1.82) is 0 Å². The van der Waals surface area contributed by atoms with Crippen LogP contribution in [0.3, 0.4) is 0 Å². The van der Waals surface area contributed by atoms with Crippen molar-refractivity contribution < 1.29 is 5.11 Å². The van der Waals surface area contributed by atoms with Crippen LogP contribution in [-0.4, -0.2) is 5.11 Å². The summed E-state index contributed by atoms with van der Waals surface area (Å²) in [6.07, 6.45) is 2.10. The molecule has 0 saturated heterocycles. The van der Waals surface area contributed by atoms with Crippen molar-refractivity contribution in [3.05, 3.63) is 101 Å². The molecule has 0 saturated carbocycles. The number of fused-ring (bicyclic) bond motifs is 1. The summed E-state index contributed by atoms with van der Waals surface area (Å²) < 4.78 is 0. The smallest absolute Gasteiger partial charge is 0.115 e. The van der Waals surface area contributed by atoms with Crippen LogP contribution in [0.5, 0.6) is 5.75 Å². The number of phenolic OH excluding ortho intramolecular Hbond substituents is 1. The number of benzene rings is 3. The van der Waals surface area contributed by atoms with Gasteiger partial charge in [0.25, 0.3) is 0 Å². The molecule has 4 rings (SSSR count). The van der Waals surface area contributed by atoms with Crippen LogP contribution in [0, 0.1) is 6.07 Å². The zero-order chi connectivity index (χ0) is 15.6. The number of aromatic hydroxyl groups is 1. The summed E-state index contributed by atoms with van der Waals surface area (Å²) in [5.41, 5.74) is 5.20. The first-order valence-corrected chi connectivity index (χ1v) is 8.16. The molecule has 2 unspecified atom stereocenters. The van der Waals surface area contributed by atoms with Crippen LogP contribution in [0.1, 0.15) is 40.5 Å². The van der Waals surface area contributed by atoms with E-state index in [0.29, 0.717) is 17.6 Å². The molecule has 3 aromatic carbocycles. The molecule has 0 spiro atoms. The first kappa shape index (κ1) is 14.1. The molecule has 1 aliphatic carbocycles. The molecule has 0 fully saturated rings. The lowest BCUT2D eigenvalue weighted by Gasteiger charge is -2.34. The summed E-state index contributed by atoms with van der Waals surface area (Å²) in [6.45, 7) is 0. The Morgan fingerprint density at radius 2 is 1.74 bits per heavy atom. The molecule has 0 aromatic heterocycles. The van der Waals surface area contributed by atoms with Gasteiger partial charge in [-0.15, -0.1) is 0 Å². The van der Waals surface area contributed by atoms with Crippen LogP contribution in [0.4, 0.5) is 0 Å². The van der Waals surface area contributed by atoms with Gasteiger partial charge in [0.15, 0.2) is 0 Å². The first-order chi connectivity index (χ1) is 11.3. The fourth-order valence-electron chi connectivity index (χ4n) is 3.85. The van der Waals surface area contributed by atoms with Crippen LogP contribution < -0.4 is 0 Å². The standard InChI is InChI=1S/C22H19O/c23-19-12-14-21-18(15-19)11-13-20(16-7-3-1-4-8-16)22(21)17-9-5-2-6-10-17/h1-9,12,14-15,20,22-23H,11,13H2. The highest BCUT2D eigenvalue weighted by Crippen LogP contribution is 2.46. The minimum absolute atomic E-state index is 0.294. The lowest BCUT2D eigenvalue weighted by atomic mass is 9.69. The monoisotopic (exact) mass is 299 g/mol. The Labute approximate surface area is 137 Å². The average molecular weight is 299 g/mol. The van der Waals surface area contributed by atoms with Gasteiger partial charge >= 0.3 is 0 Å². The number of aryl methyl sites for hydroxylation is 1. The average Bonchev–Trinajstić information content (AvgIpc) is 2.62. The van der Waals surface area contributed by atoms with Gasteiger partial charge in [0.05, 0.1) is 0 Å². The van der Waals surface area contributed by atoms with E-state index >= 15 is 0 Å². The second-order valence-corrected chi connectivity index (χ2v) is 6.23. The van der Waals surface area contributed by atoms with Crippen LogP contribution in [0.15, 0.2) is 72.8 Å². The van der Waals surface area contributed by atoms with Gasteiger partial charge in [0.1, 0.15) is 5.75 Å². The minimum Gasteiger partial charge on any atom is -0.508 e. The van der Waals surface area contributed by atoms with E-state index in [4.69, 9.17) is 0 Å². The summed E-state index contributed by atoms with van der Waals surface area (Å²) in [5.74, 6) is 1.10. The van der Waals surface area contributed by atoms with Crippen molar-refractivity contribution in [2.75, 3.05) is 0 Å². The van der Waals surface area contributed by atoms with E-state index in [2.05, 4.69) is 54.6 Å². The Balaban J connectivity index is 1.86. The maximum atomic E-state index is 9.82. The van der Waals surface area contributed by atoms with E-state index in [0.717, 1.165) is 12.8 Å². The van der Waals surface area contributed by atoms with Crippen molar-refractivity contribution in [2.24, 2.45) is 0 Å². The number of hydrogen-bond donors (Lipinski definition) is 1. The van der Waals surface area contributed by atoms with E-state index in [9.17, 15) is 5.11 Å². The summed E-state index contributed by atoms with van der Waals surface area (Å²) in [7, 11) is 0. The quantitative estimate of drug-likeness (QED) is 0.701. The first-order valence-electron chi connectivity index (χ1n) is 8.16. The van der Waals surface area contributed by atoms with Gasteiger partial charge in [0.2, 0.25) is 0 Å². The predicted molar refractivity (Wildman–Crippen MR) is 92.7 cm³/mol. The number of rotatable bonds is 2. The molecule has 0 amide bonds. The third-order valence-corrected chi connectivity index (χ3v) is 4.88. The molecule has 1 aliphatic rings. The summed E-state index contributed by atoms with van der Waals surface area (Å²) in [6, 6.07) is 28.3. The maximum Gasteiger partial charge on any atom is 0.115 e. The molecule has 23 heavy (non-hydrogen) atoms. The van der Waals surface area contributed by atoms with Gasteiger partial charge in [-0.05, 0) is 59.2 Å².